The minimum absolute atomic E-state index is 0.207. The molecule has 0 aliphatic heterocycles. The molecule has 2 aromatic rings. The van der Waals surface area contributed by atoms with Gasteiger partial charge in [-0.15, -0.1) is 5.10 Å². The third-order valence-electron chi connectivity index (χ3n) is 3.11. The van der Waals surface area contributed by atoms with Crippen molar-refractivity contribution in [3.63, 3.8) is 0 Å². The first-order valence-electron chi connectivity index (χ1n) is 7.00. The van der Waals surface area contributed by atoms with Crippen molar-refractivity contribution in [2.24, 2.45) is 0 Å². The summed E-state index contributed by atoms with van der Waals surface area (Å²) < 4.78 is 0. The number of hydrogen-bond acceptors (Lipinski definition) is 3. The van der Waals surface area contributed by atoms with E-state index in [1.165, 1.54) is 5.56 Å². The lowest BCUT2D eigenvalue weighted by Crippen LogP contribution is -2.24. The second kappa shape index (κ2) is 6.84. The van der Waals surface area contributed by atoms with Crippen molar-refractivity contribution in [2.45, 2.75) is 39.7 Å². The van der Waals surface area contributed by atoms with Crippen molar-refractivity contribution in [1.82, 2.24) is 20.5 Å². The first kappa shape index (κ1) is 14.2. The molecule has 1 aromatic carbocycles. The Morgan fingerprint density at radius 3 is 2.55 bits per heavy atom. The molecule has 0 spiro atoms. The molecular formula is C15H20N4O. The Bertz CT molecular complexity index is 560. The van der Waals surface area contributed by atoms with Crippen LogP contribution in [0.25, 0.3) is 0 Å². The summed E-state index contributed by atoms with van der Waals surface area (Å²) in [5.41, 5.74) is 2.36. The van der Waals surface area contributed by atoms with Crippen LogP contribution in [0.5, 0.6) is 0 Å². The maximum Gasteiger partial charge on any atom is 0.291 e. The number of rotatable bonds is 6. The first-order valence-corrected chi connectivity index (χ1v) is 7.00. The number of nitrogens with zero attached hydrogens (tertiary/aromatic N) is 2. The van der Waals surface area contributed by atoms with E-state index >= 15 is 0 Å². The number of aromatic amines is 1. The zero-order valence-corrected chi connectivity index (χ0v) is 11.9. The summed E-state index contributed by atoms with van der Waals surface area (Å²) in [6, 6.07) is 8.21. The van der Waals surface area contributed by atoms with Gasteiger partial charge in [0.05, 0.1) is 0 Å². The van der Waals surface area contributed by atoms with E-state index in [9.17, 15) is 4.79 Å². The number of hydrogen-bond donors (Lipinski definition) is 2. The molecule has 2 N–H and O–H groups in total. The van der Waals surface area contributed by atoms with Crippen LogP contribution < -0.4 is 5.32 Å². The second-order valence-electron chi connectivity index (χ2n) is 4.71. The van der Waals surface area contributed by atoms with Crippen molar-refractivity contribution in [3.05, 3.63) is 47.0 Å². The molecule has 5 heteroatoms. The van der Waals surface area contributed by atoms with Gasteiger partial charge in [0.25, 0.3) is 5.91 Å². The van der Waals surface area contributed by atoms with E-state index in [0.29, 0.717) is 6.54 Å². The molecule has 1 amide bonds. The fourth-order valence-electron chi connectivity index (χ4n) is 1.90. The Balaban J connectivity index is 1.90. The number of H-pyrrole nitrogens is 1. The highest BCUT2D eigenvalue weighted by Crippen LogP contribution is 2.05. The van der Waals surface area contributed by atoms with E-state index in [-0.39, 0.29) is 11.7 Å². The van der Waals surface area contributed by atoms with Crippen LogP contribution in [0.2, 0.25) is 0 Å². The molecule has 106 valence electrons. The summed E-state index contributed by atoms with van der Waals surface area (Å²) in [5, 5.41) is 9.53. The maximum atomic E-state index is 11.9. The molecule has 0 saturated heterocycles. The number of aryl methyl sites for hydroxylation is 2. The van der Waals surface area contributed by atoms with Crippen molar-refractivity contribution >= 4 is 5.91 Å². The van der Waals surface area contributed by atoms with Crippen LogP contribution in [0.1, 0.15) is 47.8 Å². The standard InChI is InChI=1S/C15H20N4O/c1-3-5-13-17-14(19-18-13)15(20)16-10-12-8-6-11(4-2)7-9-12/h6-9H,3-5,10H2,1-2H3,(H,16,20)(H,17,18,19). The smallest absolute Gasteiger partial charge is 0.291 e. The molecule has 0 saturated carbocycles. The molecule has 0 aliphatic carbocycles. The Morgan fingerprint density at radius 1 is 1.20 bits per heavy atom. The fraction of sp³-hybridized carbons (Fsp3) is 0.400. The lowest BCUT2D eigenvalue weighted by Gasteiger charge is -2.04. The van der Waals surface area contributed by atoms with Gasteiger partial charge in [-0.1, -0.05) is 38.1 Å². The van der Waals surface area contributed by atoms with Crippen LogP contribution in [0.15, 0.2) is 24.3 Å². The number of amides is 1. The van der Waals surface area contributed by atoms with E-state index < -0.39 is 0 Å². The molecule has 0 atom stereocenters. The van der Waals surface area contributed by atoms with Crippen molar-refractivity contribution in [1.29, 1.82) is 0 Å². The summed E-state index contributed by atoms with van der Waals surface area (Å²) in [4.78, 5) is 16.1. The molecule has 2 rings (SSSR count). The predicted molar refractivity (Wildman–Crippen MR) is 77.4 cm³/mol. The molecule has 5 nitrogen and oxygen atoms in total. The molecule has 0 fully saturated rings. The molecule has 0 radical (unpaired) electrons. The van der Waals surface area contributed by atoms with Crippen molar-refractivity contribution in [3.8, 4) is 0 Å². The summed E-state index contributed by atoms with van der Waals surface area (Å²) in [5.74, 6) is 0.715. The predicted octanol–water partition coefficient (Wildman–Crippen LogP) is 2.25. The minimum Gasteiger partial charge on any atom is -0.345 e. The number of nitrogens with one attached hydrogen (secondary N) is 2. The normalized spacial score (nSPS) is 10.5. The summed E-state index contributed by atoms with van der Waals surface area (Å²) >= 11 is 0. The van der Waals surface area contributed by atoms with E-state index in [0.717, 1.165) is 30.7 Å². The Morgan fingerprint density at radius 2 is 1.90 bits per heavy atom. The number of aromatic nitrogens is 3. The van der Waals surface area contributed by atoms with Gasteiger partial charge >= 0.3 is 0 Å². The third kappa shape index (κ3) is 3.66. The number of carbonyl (C=O) groups is 1. The zero-order chi connectivity index (χ0) is 14.4. The Kier molecular flexibility index (Phi) is 4.87. The van der Waals surface area contributed by atoms with E-state index in [1.54, 1.807) is 0 Å². The molecule has 20 heavy (non-hydrogen) atoms. The van der Waals surface area contributed by atoms with Gasteiger partial charge in [-0.25, -0.2) is 4.98 Å². The Hall–Kier alpha value is -2.17. The largest absolute Gasteiger partial charge is 0.345 e. The zero-order valence-electron chi connectivity index (χ0n) is 11.9. The summed E-state index contributed by atoms with van der Waals surface area (Å²) in [7, 11) is 0. The second-order valence-corrected chi connectivity index (χ2v) is 4.71. The summed E-state index contributed by atoms with van der Waals surface area (Å²) in [6.45, 7) is 4.66. The van der Waals surface area contributed by atoms with Crippen LogP contribution >= 0.6 is 0 Å². The highest BCUT2D eigenvalue weighted by Gasteiger charge is 2.11. The van der Waals surface area contributed by atoms with Gasteiger partial charge < -0.3 is 5.32 Å². The Labute approximate surface area is 118 Å². The lowest BCUT2D eigenvalue weighted by atomic mass is 10.1. The molecule has 0 aliphatic rings. The maximum absolute atomic E-state index is 11.9. The van der Waals surface area contributed by atoms with Crippen LogP contribution in [0.3, 0.4) is 0 Å². The fourth-order valence-corrected chi connectivity index (χ4v) is 1.90. The van der Waals surface area contributed by atoms with Gasteiger partial charge in [-0.2, -0.15) is 0 Å². The molecule has 1 heterocycles. The lowest BCUT2D eigenvalue weighted by molar-refractivity contribution is 0.0941. The van der Waals surface area contributed by atoms with Gasteiger partial charge in [-0.05, 0) is 24.0 Å². The molecule has 1 aromatic heterocycles. The quantitative estimate of drug-likeness (QED) is 0.847. The number of carbonyl (C=O) groups excluding carboxylic acids is 1. The molecular weight excluding hydrogens is 252 g/mol. The van der Waals surface area contributed by atoms with Crippen LogP contribution in [0, 0.1) is 0 Å². The van der Waals surface area contributed by atoms with Crippen LogP contribution in [-0.2, 0) is 19.4 Å². The van der Waals surface area contributed by atoms with Crippen molar-refractivity contribution in [2.75, 3.05) is 0 Å². The van der Waals surface area contributed by atoms with E-state index in [4.69, 9.17) is 0 Å². The van der Waals surface area contributed by atoms with Gasteiger partial charge in [0.15, 0.2) is 0 Å². The molecule has 0 bridgehead atoms. The van der Waals surface area contributed by atoms with Gasteiger partial charge in [0.1, 0.15) is 5.82 Å². The van der Waals surface area contributed by atoms with Crippen LogP contribution in [0.4, 0.5) is 0 Å². The van der Waals surface area contributed by atoms with E-state index in [2.05, 4.69) is 46.5 Å². The topological polar surface area (TPSA) is 70.7 Å². The van der Waals surface area contributed by atoms with Gasteiger partial charge in [0, 0.05) is 13.0 Å². The third-order valence-corrected chi connectivity index (χ3v) is 3.11. The van der Waals surface area contributed by atoms with E-state index in [1.807, 2.05) is 12.1 Å². The van der Waals surface area contributed by atoms with Gasteiger partial charge in [-0.3, -0.25) is 9.89 Å². The molecule has 0 unspecified atom stereocenters. The highest BCUT2D eigenvalue weighted by molar-refractivity contribution is 5.90. The highest BCUT2D eigenvalue weighted by atomic mass is 16.2. The monoisotopic (exact) mass is 272 g/mol. The van der Waals surface area contributed by atoms with Crippen molar-refractivity contribution < 1.29 is 4.79 Å². The SMILES string of the molecule is CCCc1nc(C(=O)NCc2ccc(CC)cc2)n[nH]1. The number of benzene rings is 1. The minimum atomic E-state index is -0.247. The average Bonchev–Trinajstić information content (AvgIpc) is 2.94. The van der Waals surface area contributed by atoms with Crippen LogP contribution in [-0.4, -0.2) is 21.1 Å². The average molecular weight is 272 g/mol. The van der Waals surface area contributed by atoms with Gasteiger partial charge in [0.2, 0.25) is 5.82 Å². The summed E-state index contributed by atoms with van der Waals surface area (Å²) in [6.07, 6.45) is 2.79. The first-order chi connectivity index (χ1) is 9.72.